The molecule has 1 aromatic carbocycles. The van der Waals surface area contributed by atoms with E-state index in [9.17, 15) is 4.79 Å². The lowest BCUT2D eigenvalue weighted by atomic mass is 10.00. The lowest BCUT2D eigenvalue weighted by Crippen LogP contribution is -1.92. The number of carbonyl (C=O) groups is 1. The molecule has 20 heavy (non-hydrogen) atoms. The van der Waals surface area contributed by atoms with Gasteiger partial charge in [-0.25, -0.2) is 4.79 Å². The maximum atomic E-state index is 10.6. The fraction of sp³-hybridized carbons (Fsp3) is 0.176. The second-order valence-corrected chi connectivity index (χ2v) is 4.77. The van der Waals surface area contributed by atoms with Gasteiger partial charge in [0.25, 0.3) is 0 Å². The molecule has 0 aliphatic rings. The Balaban J connectivity index is 2.09. The molecule has 1 N–H and O–H groups in total. The minimum absolute atomic E-state index is 0.756. The molecule has 0 fully saturated rings. The smallest absolute Gasteiger partial charge is 0.328 e. The summed E-state index contributed by atoms with van der Waals surface area (Å²) in [6, 6.07) is 12.3. The largest absolute Gasteiger partial charge is 0.478 e. The third-order valence-electron chi connectivity index (χ3n) is 3.12. The highest BCUT2D eigenvalue weighted by molar-refractivity contribution is 5.80. The van der Waals surface area contributed by atoms with Crippen molar-refractivity contribution in [1.82, 2.24) is 4.98 Å². The van der Waals surface area contributed by atoms with Crippen molar-refractivity contribution in [3.05, 3.63) is 66.0 Å². The van der Waals surface area contributed by atoms with Gasteiger partial charge in [0.05, 0.1) is 0 Å². The van der Waals surface area contributed by atoms with Crippen molar-refractivity contribution < 1.29 is 9.90 Å². The quantitative estimate of drug-likeness (QED) is 0.840. The number of aryl methyl sites for hydroxylation is 1. The normalized spacial score (nSPS) is 11.3. The second-order valence-electron chi connectivity index (χ2n) is 4.77. The Morgan fingerprint density at radius 2 is 1.95 bits per heavy atom. The highest BCUT2D eigenvalue weighted by Gasteiger charge is 2.00. The summed E-state index contributed by atoms with van der Waals surface area (Å²) >= 11 is 0. The van der Waals surface area contributed by atoms with Crippen molar-refractivity contribution in [1.29, 1.82) is 0 Å². The molecule has 2 aromatic rings. The van der Waals surface area contributed by atoms with Crippen molar-refractivity contribution in [3.8, 4) is 11.1 Å². The molecule has 0 amide bonds. The number of hydrogen-bond donors (Lipinski definition) is 1. The van der Waals surface area contributed by atoms with Crippen LogP contribution in [0.3, 0.4) is 0 Å². The Hall–Kier alpha value is -2.42. The highest BCUT2D eigenvalue weighted by Crippen LogP contribution is 2.20. The molecule has 0 aliphatic heterocycles. The van der Waals surface area contributed by atoms with Crippen molar-refractivity contribution in [2.24, 2.45) is 0 Å². The predicted molar refractivity (Wildman–Crippen MR) is 79.4 cm³/mol. The van der Waals surface area contributed by atoms with E-state index in [0.717, 1.165) is 29.5 Å². The Bertz CT molecular complexity index is 618. The zero-order valence-electron chi connectivity index (χ0n) is 11.4. The topological polar surface area (TPSA) is 50.2 Å². The van der Waals surface area contributed by atoms with E-state index in [1.807, 2.05) is 25.1 Å². The van der Waals surface area contributed by atoms with Gasteiger partial charge in [0.15, 0.2) is 0 Å². The lowest BCUT2D eigenvalue weighted by molar-refractivity contribution is -0.131. The molecule has 1 aromatic heterocycles. The van der Waals surface area contributed by atoms with Crippen LogP contribution in [0.2, 0.25) is 0 Å². The molecule has 0 radical (unpaired) electrons. The van der Waals surface area contributed by atoms with Crippen LogP contribution in [-0.2, 0) is 11.2 Å². The zero-order valence-corrected chi connectivity index (χ0v) is 11.4. The summed E-state index contributed by atoms with van der Waals surface area (Å²) in [4.78, 5) is 14.6. The Morgan fingerprint density at radius 1 is 1.20 bits per heavy atom. The first kappa shape index (κ1) is 14.0. The highest BCUT2D eigenvalue weighted by atomic mass is 16.4. The first-order valence-electron chi connectivity index (χ1n) is 6.54. The molecule has 0 aliphatic carbocycles. The van der Waals surface area contributed by atoms with E-state index in [1.165, 1.54) is 11.6 Å². The number of aliphatic carboxylic acids is 1. The summed E-state index contributed by atoms with van der Waals surface area (Å²) in [5, 5.41) is 8.69. The molecule has 0 bridgehead atoms. The number of nitrogens with zero attached hydrogens (tertiary/aromatic N) is 1. The number of carboxylic acids is 1. The van der Waals surface area contributed by atoms with E-state index in [2.05, 4.69) is 23.2 Å². The summed E-state index contributed by atoms with van der Waals surface area (Å²) in [6.07, 6.45) is 6.43. The van der Waals surface area contributed by atoms with Crippen molar-refractivity contribution in [3.63, 3.8) is 0 Å². The number of rotatable bonds is 5. The lowest BCUT2D eigenvalue weighted by Gasteiger charge is -2.06. The van der Waals surface area contributed by atoms with E-state index in [0.29, 0.717) is 0 Å². The first-order valence-corrected chi connectivity index (χ1v) is 6.54. The van der Waals surface area contributed by atoms with Gasteiger partial charge in [-0.15, -0.1) is 0 Å². The Morgan fingerprint density at radius 3 is 2.65 bits per heavy atom. The number of hydrogen-bond acceptors (Lipinski definition) is 2. The molecular formula is C17H17NO2. The van der Waals surface area contributed by atoms with E-state index < -0.39 is 5.97 Å². The average molecular weight is 267 g/mol. The Kier molecular flexibility index (Phi) is 4.66. The van der Waals surface area contributed by atoms with E-state index in [1.54, 1.807) is 12.4 Å². The molecule has 3 heteroatoms. The van der Waals surface area contributed by atoms with Crippen molar-refractivity contribution in [2.45, 2.75) is 19.8 Å². The Labute approximate surface area is 118 Å². The maximum Gasteiger partial charge on any atom is 0.328 e. The van der Waals surface area contributed by atoms with Crippen molar-refractivity contribution in [2.75, 3.05) is 0 Å². The van der Waals surface area contributed by atoms with Crippen LogP contribution >= 0.6 is 0 Å². The first-order chi connectivity index (χ1) is 9.65. The summed E-state index contributed by atoms with van der Waals surface area (Å²) in [5.74, 6) is -0.881. The molecule has 2 rings (SSSR count). The van der Waals surface area contributed by atoms with Crippen LogP contribution in [0.25, 0.3) is 11.1 Å². The van der Waals surface area contributed by atoms with Gasteiger partial charge in [-0.2, -0.15) is 0 Å². The summed E-state index contributed by atoms with van der Waals surface area (Å²) in [6.45, 7) is 1.85. The van der Waals surface area contributed by atoms with Crippen LogP contribution in [0.5, 0.6) is 0 Å². The molecule has 0 spiro atoms. The molecule has 0 atom stereocenters. The summed E-state index contributed by atoms with van der Waals surface area (Å²) in [5.41, 5.74) is 4.38. The summed E-state index contributed by atoms with van der Waals surface area (Å²) < 4.78 is 0. The zero-order chi connectivity index (χ0) is 14.4. The fourth-order valence-electron chi connectivity index (χ4n) is 2.08. The number of carboxylic acid groups (broad SMARTS) is 1. The third-order valence-corrected chi connectivity index (χ3v) is 3.12. The van der Waals surface area contributed by atoms with Gasteiger partial charge in [0.2, 0.25) is 0 Å². The molecule has 0 saturated heterocycles. The molecule has 0 saturated carbocycles. The van der Waals surface area contributed by atoms with Gasteiger partial charge in [0.1, 0.15) is 0 Å². The van der Waals surface area contributed by atoms with E-state index in [-0.39, 0.29) is 0 Å². The van der Waals surface area contributed by atoms with Gasteiger partial charge in [-0.05, 0) is 48.6 Å². The number of allylic oxidation sites excluding steroid dienone is 1. The predicted octanol–water partition coefficient (Wildman–Crippen LogP) is 3.71. The molecular weight excluding hydrogens is 250 g/mol. The third kappa shape index (κ3) is 4.05. The molecule has 102 valence electrons. The van der Waals surface area contributed by atoms with E-state index in [4.69, 9.17) is 5.11 Å². The van der Waals surface area contributed by atoms with Crippen LogP contribution in [0.1, 0.15) is 18.9 Å². The van der Waals surface area contributed by atoms with Crippen LogP contribution in [0.4, 0.5) is 0 Å². The number of benzene rings is 1. The van der Waals surface area contributed by atoms with Gasteiger partial charge in [-0.3, -0.25) is 4.98 Å². The molecule has 1 heterocycles. The van der Waals surface area contributed by atoms with Crippen LogP contribution < -0.4 is 0 Å². The number of pyridine rings is 1. The van der Waals surface area contributed by atoms with Gasteiger partial charge >= 0.3 is 5.97 Å². The standard InChI is InChI=1S/C17H17NO2/c1-13(11-17(19)20)5-6-14-3-2-4-16(12-14)15-7-9-18-10-8-15/h2-4,7-12H,5-6H2,1H3,(H,19,20)/b13-11+. The molecule has 3 nitrogen and oxygen atoms in total. The monoisotopic (exact) mass is 267 g/mol. The van der Waals surface area contributed by atoms with Gasteiger partial charge in [-0.1, -0.05) is 29.8 Å². The molecule has 0 unspecified atom stereocenters. The van der Waals surface area contributed by atoms with Crippen LogP contribution in [0, 0.1) is 0 Å². The van der Waals surface area contributed by atoms with Crippen molar-refractivity contribution >= 4 is 5.97 Å². The maximum absolute atomic E-state index is 10.6. The van der Waals surface area contributed by atoms with Gasteiger partial charge in [0, 0.05) is 18.5 Å². The fourth-order valence-corrected chi connectivity index (χ4v) is 2.08. The van der Waals surface area contributed by atoms with Crippen LogP contribution in [0.15, 0.2) is 60.4 Å². The minimum atomic E-state index is -0.881. The minimum Gasteiger partial charge on any atom is -0.478 e. The van der Waals surface area contributed by atoms with E-state index >= 15 is 0 Å². The second kappa shape index (κ2) is 6.66. The van der Waals surface area contributed by atoms with Gasteiger partial charge < -0.3 is 5.11 Å². The average Bonchev–Trinajstić information content (AvgIpc) is 2.46. The summed E-state index contributed by atoms with van der Waals surface area (Å²) in [7, 11) is 0. The van der Waals surface area contributed by atoms with Crippen LogP contribution in [-0.4, -0.2) is 16.1 Å². The SMILES string of the molecule is C/C(=C\C(=O)O)CCc1cccc(-c2ccncc2)c1. The number of aromatic nitrogens is 1.